The summed E-state index contributed by atoms with van der Waals surface area (Å²) in [6, 6.07) is 1.49. The Balaban J connectivity index is 1.69. The number of hydrogen-bond donors (Lipinski definition) is 1. The van der Waals surface area contributed by atoms with Crippen molar-refractivity contribution in [2.75, 3.05) is 6.54 Å². The molecule has 0 aliphatic heterocycles. The lowest BCUT2D eigenvalue weighted by molar-refractivity contribution is -0.142. The number of aryl methyl sites for hydroxylation is 1. The summed E-state index contributed by atoms with van der Waals surface area (Å²) in [7, 11) is 0. The number of carbonyl (C=O) groups excluding carboxylic acids is 1. The molecule has 0 saturated heterocycles. The molecule has 1 aliphatic rings. The van der Waals surface area contributed by atoms with Crippen LogP contribution in [0.5, 0.6) is 0 Å². The molecule has 0 aromatic carbocycles. The first kappa shape index (κ1) is 16.5. The van der Waals surface area contributed by atoms with E-state index in [1.54, 1.807) is 6.92 Å². The molecule has 2 aromatic rings. The average Bonchev–Trinajstić information content (AvgIpc) is 3.11. The summed E-state index contributed by atoms with van der Waals surface area (Å²) in [6.45, 7) is 2.01. The van der Waals surface area contributed by atoms with Gasteiger partial charge < -0.3 is 9.84 Å². The lowest BCUT2D eigenvalue weighted by Gasteiger charge is -2.14. The Hall–Kier alpha value is -2.32. The Kier molecular flexibility index (Phi) is 4.33. The van der Waals surface area contributed by atoms with Crippen LogP contribution in [-0.2, 0) is 25.6 Å². The van der Waals surface area contributed by atoms with E-state index >= 15 is 0 Å². The van der Waals surface area contributed by atoms with Crippen LogP contribution in [0.3, 0.4) is 0 Å². The summed E-state index contributed by atoms with van der Waals surface area (Å²) in [4.78, 5) is 11.9. The molecule has 2 heterocycles. The minimum Gasteiger partial charge on any atom is -0.361 e. The molecular weight excluding hydrogens is 325 g/mol. The summed E-state index contributed by atoms with van der Waals surface area (Å²) >= 11 is 0. The van der Waals surface area contributed by atoms with Gasteiger partial charge in [0.25, 0.3) is 5.91 Å². The zero-order chi connectivity index (χ0) is 17.3. The van der Waals surface area contributed by atoms with Gasteiger partial charge in [-0.2, -0.15) is 18.3 Å². The van der Waals surface area contributed by atoms with Gasteiger partial charge in [-0.3, -0.25) is 9.48 Å². The largest absolute Gasteiger partial charge is 0.435 e. The minimum absolute atomic E-state index is 0.144. The van der Waals surface area contributed by atoms with Crippen molar-refractivity contribution in [3.8, 4) is 0 Å². The number of rotatable bonds is 4. The molecule has 0 bridgehead atoms. The predicted molar refractivity (Wildman–Crippen MR) is 77.4 cm³/mol. The van der Waals surface area contributed by atoms with Crippen molar-refractivity contribution in [3.05, 3.63) is 34.5 Å². The van der Waals surface area contributed by atoms with Crippen LogP contribution in [0.15, 0.2) is 10.6 Å². The first-order valence-electron chi connectivity index (χ1n) is 7.73. The van der Waals surface area contributed by atoms with E-state index in [1.165, 1.54) is 10.7 Å². The van der Waals surface area contributed by atoms with E-state index < -0.39 is 17.8 Å². The predicted octanol–water partition coefficient (Wildman–Crippen LogP) is 2.51. The van der Waals surface area contributed by atoms with Crippen molar-refractivity contribution in [2.24, 2.45) is 0 Å². The molecular formula is C15H17F3N4O2. The molecule has 0 spiro atoms. The standard InChI is InChI=1S/C15H17F3N4O2/c1-9-8-11(21-24-9)14(23)19-6-7-22-12-5-3-2-4-10(12)13(20-22)15(16,17)18/h8H,2-7H2,1H3,(H,19,23). The normalized spacial score (nSPS) is 14.5. The zero-order valence-corrected chi connectivity index (χ0v) is 13.1. The zero-order valence-electron chi connectivity index (χ0n) is 13.1. The molecule has 6 nitrogen and oxygen atoms in total. The molecule has 9 heteroatoms. The fourth-order valence-corrected chi connectivity index (χ4v) is 2.92. The molecule has 1 N–H and O–H groups in total. The number of nitrogens with one attached hydrogen (secondary N) is 1. The number of amides is 1. The van der Waals surface area contributed by atoms with Crippen molar-refractivity contribution in [1.29, 1.82) is 0 Å². The quantitative estimate of drug-likeness (QED) is 0.927. The number of hydrogen-bond acceptors (Lipinski definition) is 4. The van der Waals surface area contributed by atoms with E-state index in [4.69, 9.17) is 4.52 Å². The molecule has 1 amide bonds. The van der Waals surface area contributed by atoms with Gasteiger partial charge in [0, 0.05) is 23.9 Å². The summed E-state index contributed by atoms with van der Waals surface area (Å²) in [5.74, 6) is 0.0834. The van der Waals surface area contributed by atoms with E-state index in [0.29, 0.717) is 29.9 Å². The van der Waals surface area contributed by atoms with Crippen LogP contribution >= 0.6 is 0 Å². The maximum Gasteiger partial charge on any atom is 0.435 e. The van der Waals surface area contributed by atoms with Crippen molar-refractivity contribution >= 4 is 5.91 Å². The van der Waals surface area contributed by atoms with Gasteiger partial charge in [0.1, 0.15) is 5.76 Å². The third kappa shape index (κ3) is 3.29. The van der Waals surface area contributed by atoms with Crippen LogP contribution in [0, 0.1) is 6.92 Å². The number of alkyl halides is 3. The van der Waals surface area contributed by atoms with Gasteiger partial charge in [-0.15, -0.1) is 0 Å². The first-order valence-corrected chi connectivity index (χ1v) is 7.73. The van der Waals surface area contributed by atoms with Gasteiger partial charge in [0.05, 0.1) is 6.54 Å². The Morgan fingerprint density at radius 3 is 2.79 bits per heavy atom. The summed E-state index contributed by atoms with van der Waals surface area (Å²) in [5.41, 5.74) is 0.272. The second kappa shape index (κ2) is 6.29. The topological polar surface area (TPSA) is 73.0 Å². The van der Waals surface area contributed by atoms with E-state index in [0.717, 1.165) is 12.8 Å². The van der Waals surface area contributed by atoms with E-state index in [2.05, 4.69) is 15.6 Å². The molecule has 0 fully saturated rings. The van der Waals surface area contributed by atoms with Crippen LogP contribution in [0.25, 0.3) is 0 Å². The molecule has 130 valence electrons. The summed E-state index contributed by atoms with van der Waals surface area (Å²) in [5, 5.41) is 9.94. The van der Waals surface area contributed by atoms with Crippen molar-refractivity contribution in [3.63, 3.8) is 0 Å². The van der Waals surface area contributed by atoms with Gasteiger partial charge >= 0.3 is 6.18 Å². The monoisotopic (exact) mass is 342 g/mol. The fourth-order valence-electron chi connectivity index (χ4n) is 2.92. The Morgan fingerprint density at radius 1 is 1.38 bits per heavy atom. The van der Waals surface area contributed by atoms with Crippen LogP contribution in [-0.4, -0.2) is 27.4 Å². The highest BCUT2D eigenvalue weighted by Crippen LogP contribution is 2.35. The molecule has 0 saturated carbocycles. The van der Waals surface area contributed by atoms with Gasteiger partial charge in [-0.1, -0.05) is 5.16 Å². The maximum absolute atomic E-state index is 13.1. The fraction of sp³-hybridized carbons (Fsp3) is 0.533. The van der Waals surface area contributed by atoms with Crippen molar-refractivity contribution in [1.82, 2.24) is 20.3 Å². The average molecular weight is 342 g/mol. The number of carbonyl (C=O) groups is 1. The Morgan fingerprint density at radius 2 is 2.12 bits per heavy atom. The highest BCUT2D eigenvalue weighted by molar-refractivity contribution is 5.92. The van der Waals surface area contributed by atoms with Gasteiger partial charge in [-0.05, 0) is 32.6 Å². The second-order valence-electron chi connectivity index (χ2n) is 5.78. The smallest absolute Gasteiger partial charge is 0.361 e. The molecule has 1 aliphatic carbocycles. The molecule has 24 heavy (non-hydrogen) atoms. The van der Waals surface area contributed by atoms with Crippen LogP contribution in [0.2, 0.25) is 0 Å². The van der Waals surface area contributed by atoms with Crippen molar-refractivity contribution < 1.29 is 22.5 Å². The van der Waals surface area contributed by atoms with Gasteiger partial charge in [-0.25, -0.2) is 0 Å². The second-order valence-corrected chi connectivity index (χ2v) is 5.78. The molecule has 0 atom stereocenters. The number of halogens is 3. The highest BCUT2D eigenvalue weighted by Gasteiger charge is 2.39. The molecule has 3 rings (SSSR count). The molecule has 0 radical (unpaired) electrons. The van der Waals surface area contributed by atoms with Crippen LogP contribution < -0.4 is 5.32 Å². The summed E-state index contributed by atoms with van der Waals surface area (Å²) < 4.78 is 45.5. The molecule has 2 aromatic heterocycles. The minimum atomic E-state index is -4.45. The number of aromatic nitrogens is 3. The van der Waals surface area contributed by atoms with Crippen molar-refractivity contribution in [2.45, 2.75) is 45.3 Å². The third-order valence-electron chi connectivity index (χ3n) is 4.00. The Labute approximate surface area is 136 Å². The van der Waals surface area contributed by atoms with Gasteiger partial charge in [0.2, 0.25) is 0 Å². The van der Waals surface area contributed by atoms with Gasteiger partial charge in [0.15, 0.2) is 11.4 Å². The number of nitrogens with zero attached hydrogens (tertiary/aromatic N) is 3. The van der Waals surface area contributed by atoms with Crippen LogP contribution in [0.4, 0.5) is 13.2 Å². The Bertz CT molecular complexity index is 748. The number of fused-ring (bicyclic) bond motifs is 1. The third-order valence-corrected chi connectivity index (χ3v) is 4.00. The SMILES string of the molecule is Cc1cc(C(=O)NCCn2nc(C(F)(F)F)c3c2CCCC3)no1. The molecule has 0 unspecified atom stereocenters. The van der Waals surface area contributed by atoms with E-state index in [1.807, 2.05) is 0 Å². The summed E-state index contributed by atoms with van der Waals surface area (Å²) in [6.07, 6.45) is -1.89. The van der Waals surface area contributed by atoms with Crippen LogP contribution in [0.1, 0.15) is 46.0 Å². The lowest BCUT2D eigenvalue weighted by atomic mass is 9.95. The van der Waals surface area contributed by atoms with E-state index in [9.17, 15) is 18.0 Å². The highest BCUT2D eigenvalue weighted by atomic mass is 19.4. The first-order chi connectivity index (χ1) is 11.4. The lowest BCUT2D eigenvalue weighted by Crippen LogP contribution is -2.28. The van der Waals surface area contributed by atoms with E-state index in [-0.39, 0.29) is 18.8 Å². The maximum atomic E-state index is 13.1.